The number of phenolic OH excluding ortho intramolecular Hbond substituents is 1. The van der Waals surface area contributed by atoms with E-state index < -0.39 is 17.8 Å². The van der Waals surface area contributed by atoms with Crippen LogP contribution >= 0.6 is 0 Å². The molecule has 2 aromatic rings. The first-order valence-electron chi connectivity index (χ1n) is 8.64. The van der Waals surface area contributed by atoms with Crippen molar-refractivity contribution in [1.82, 2.24) is 0 Å². The number of nitrogens with one attached hydrogen (secondary N) is 2. The number of aromatic hydroxyl groups is 1. The molecular formula is C20H19N3O5. The molecule has 0 saturated carbocycles. The zero-order valence-electron chi connectivity index (χ0n) is 14.9. The third-order valence-corrected chi connectivity index (χ3v) is 4.74. The number of amidine groups is 1. The third-order valence-electron chi connectivity index (χ3n) is 4.74. The predicted octanol–water partition coefficient (Wildman–Crippen LogP) is 2.15. The molecule has 1 aliphatic carbocycles. The summed E-state index contributed by atoms with van der Waals surface area (Å²) in [5.41, 5.74) is 7.38. The number of aliphatic carboxylic acids is 1. The molecule has 1 unspecified atom stereocenters. The fourth-order valence-corrected chi connectivity index (χ4v) is 3.29. The summed E-state index contributed by atoms with van der Waals surface area (Å²) in [6.07, 6.45) is 0.802. The summed E-state index contributed by atoms with van der Waals surface area (Å²) in [6, 6.07) is 8.91. The second-order valence-electron chi connectivity index (χ2n) is 6.67. The van der Waals surface area contributed by atoms with Crippen molar-refractivity contribution in [2.45, 2.75) is 19.3 Å². The molecule has 8 nitrogen and oxygen atoms in total. The number of carbonyl (C=O) groups is 3. The van der Waals surface area contributed by atoms with Gasteiger partial charge in [0.1, 0.15) is 11.6 Å². The van der Waals surface area contributed by atoms with E-state index in [4.69, 9.17) is 16.2 Å². The van der Waals surface area contributed by atoms with Gasteiger partial charge >= 0.3 is 5.97 Å². The average Bonchev–Trinajstić information content (AvgIpc) is 2.63. The molecule has 1 atom stereocenters. The van der Waals surface area contributed by atoms with E-state index in [9.17, 15) is 19.5 Å². The van der Waals surface area contributed by atoms with Gasteiger partial charge in [-0.2, -0.15) is 0 Å². The smallest absolute Gasteiger partial charge is 0.304 e. The number of nitrogens with two attached hydrogens (primary N) is 1. The van der Waals surface area contributed by atoms with Crippen LogP contribution in [0.3, 0.4) is 0 Å². The molecule has 1 amide bonds. The number of phenols is 1. The van der Waals surface area contributed by atoms with Crippen molar-refractivity contribution in [1.29, 1.82) is 5.41 Å². The fourth-order valence-electron chi connectivity index (χ4n) is 3.29. The number of carboxylic acid groups (broad SMARTS) is 1. The number of carbonyl (C=O) groups excluding carboxylic acids is 2. The maximum absolute atomic E-state index is 12.4. The minimum Gasteiger partial charge on any atom is -0.507 e. The van der Waals surface area contributed by atoms with Crippen LogP contribution < -0.4 is 11.1 Å². The van der Waals surface area contributed by atoms with Crippen molar-refractivity contribution in [3.63, 3.8) is 0 Å². The second-order valence-corrected chi connectivity index (χ2v) is 6.67. The highest BCUT2D eigenvalue weighted by Crippen LogP contribution is 2.30. The standard InChI is InChI=1S/C20H19N3O5/c21-19(22)12-3-5-15(16(24)8-12)20(28)23-13-4-6-14-10(7-13)1-2-11(18(14)27)9-17(25)26/h3-8,11,24H,1-2,9H2,(H3,21,22)(H,23,28)(H,25,26). The van der Waals surface area contributed by atoms with Gasteiger partial charge in [-0.15, -0.1) is 0 Å². The van der Waals surface area contributed by atoms with Crippen LogP contribution in [0.5, 0.6) is 5.75 Å². The number of aryl methyl sites for hydroxylation is 1. The number of ketones is 1. The number of Topliss-reactive ketones (excluding diaryl/α,β-unsaturated/α-hetero) is 1. The number of rotatable bonds is 5. The normalized spacial score (nSPS) is 15.6. The van der Waals surface area contributed by atoms with E-state index in [-0.39, 0.29) is 29.4 Å². The van der Waals surface area contributed by atoms with Gasteiger partial charge in [-0.05, 0) is 48.7 Å². The predicted molar refractivity (Wildman–Crippen MR) is 102 cm³/mol. The van der Waals surface area contributed by atoms with Gasteiger partial charge in [0.25, 0.3) is 5.91 Å². The lowest BCUT2D eigenvalue weighted by Crippen LogP contribution is -2.25. The van der Waals surface area contributed by atoms with E-state index in [1.807, 2.05) is 0 Å². The van der Waals surface area contributed by atoms with Gasteiger partial charge in [-0.25, -0.2) is 0 Å². The maximum atomic E-state index is 12.4. The summed E-state index contributed by atoms with van der Waals surface area (Å²) >= 11 is 0. The molecule has 0 saturated heterocycles. The molecule has 144 valence electrons. The highest BCUT2D eigenvalue weighted by molar-refractivity contribution is 6.08. The topological polar surface area (TPSA) is 154 Å². The highest BCUT2D eigenvalue weighted by atomic mass is 16.4. The first-order chi connectivity index (χ1) is 13.3. The SMILES string of the molecule is N=C(N)c1ccc(C(=O)Nc2ccc3c(c2)CCC(CC(=O)O)C3=O)c(O)c1. The van der Waals surface area contributed by atoms with Crippen molar-refractivity contribution >= 4 is 29.2 Å². The quantitative estimate of drug-likeness (QED) is 0.395. The van der Waals surface area contributed by atoms with Crippen LogP contribution in [0.4, 0.5) is 5.69 Å². The van der Waals surface area contributed by atoms with Crippen molar-refractivity contribution < 1.29 is 24.6 Å². The van der Waals surface area contributed by atoms with Crippen molar-refractivity contribution in [2.75, 3.05) is 5.32 Å². The van der Waals surface area contributed by atoms with Crippen LogP contribution in [0.15, 0.2) is 36.4 Å². The fraction of sp³-hybridized carbons (Fsp3) is 0.200. The lowest BCUT2D eigenvalue weighted by molar-refractivity contribution is -0.137. The Balaban J connectivity index is 1.78. The van der Waals surface area contributed by atoms with Crippen LogP contribution in [0.1, 0.15) is 44.7 Å². The highest BCUT2D eigenvalue weighted by Gasteiger charge is 2.29. The largest absolute Gasteiger partial charge is 0.507 e. The number of fused-ring (bicyclic) bond motifs is 1. The molecular weight excluding hydrogens is 362 g/mol. The molecule has 28 heavy (non-hydrogen) atoms. The zero-order valence-corrected chi connectivity index (χ0v) is 14.9. The summed E-state index contributed by atoms with van der Waals surface area (Å²) in [5, 5.41) is 28.9. The second kappa shape index (κ2) is 7.51. The number of hydrogen-bond acceptors (Lipinski definition) is 5. The van der Waals surface area contributed by atoms with Crippen molar-refractivity contribution in [3.05, 3.63) is 58.7 Å². The summed E-state index contributed by atoms with van der Waals surface area (Å²) in [7, 11) is 0. The molecule has 0 spiro atoms. The van der Waals surface area contributed by atoms with E-state index in [0.717, 1.165) is 5.56 Å². The Morgan fingerprint density at radius 3 is 2.61 bits per heavy atom. The molecule has 3 rings (SSSR count). The van der Waals surface area contributed by atoms with Gasteiger partial charge in [0.15, 0.2) is 5.78 Å². The van der Waals surface area contributed by atoms with E-state index in [1.54, 1.807) is 18.2 Å². The Morgan fingerprint density at radius 2 is 1.96 bits per heavy atom. The van der Waals surface area contributed by atoms with Crippen molar-refractivity contribution in [3.8, 4) is 5.75 Å². The van der Waals surface area contributed by atoms with Gasteiger partial charge in [-0.3, -0.25) is 19.8 Å². The van der Waals surface area contributed by atoms with Crippen LogP contribution in [-0.2, 0) is 11.2 Å². The van der Waals surface area contributed by atoms with E-state index >= 15 is 0 Å². The number of benzene rings is 2. The lowest BCUT2D eigenvalue weighted by Gasteiger charge is -2.22. The number of amides is 1. The summed E-state index contributed by atoms with van der Waals surface area (Å²) in [4.78, 5) is 35.7. The Morgan fingerprint density at radius 1 is 1.21 bits per heavy atom. The van der Waals surface area contributed by atoms with Gasteiger partial charge in [0.05, 0.1) is 12.0 Å². The van der Waals surface area contributed by atoms with Crippen LogP contribution in [0.25, 0.3) is 0 Å². The molecule has 0 aliphatic heterocycles. The summed E-state index contributed by atoms with van der Waals surface area (Å²) in [6.45, 7) is 0. The average molecular weight is 381 g/mol. The Labute approximate surface area is 160 Å². The first kappa shape index (κ1) is 19.1. The Bertz CT molecular complexity index is 999. The van der Waals surface area contributed by atoms with Gasteiger partial charge in [-0.1, -0.05) is 6.07 Å². The molecule has 0 radical (unpaired) electrons. The third kappa shape index (κ3) is 3.85. The number of nitrogen functional groups attached to an aromatic ring is 1. The molecule has 1 aliphatic rings. The summed E-state index contributed by atoms with van der Waals surface area (Å²) in [5.74, 6) is -2.78. The van der Waals surface area contributed by atoms with Gasteiger partial charge in [0, 0.05) is 22.7 Å². The Hall–Kier alpha value is -3.68. The van der Waals surface area contributed by atoms with E-state index in [2.05, 4.69) is 5.32 Å². The Kier molecular flexibility index (Phi) is 5.12. The molecule has 8 heteroatoms. The summed E-state index contributed by atoms with van der Waals surface area (Å²) < 4.78 is 0. The minimum absolute atomic E-state index is 0.0281. The van der Waals surface area contributed by atoms with Gasteiger partial charge in [0.2, 0.25) is 0 Å². The molecule has 0 bridgehead atoms. The van der Waals surface area contributed by atoms with Crippen LogP contribution in [-0.4, -0.2) is 33.7 Å². The lowest BCUT2D eigenvalue weighted by atomic mass is 9.81. The molecule has 2 aromatic carbocycles. The number of carboxylic acids is 1. The maximum Gasteiger partial charge on any atom is 0.304 e. The minimum atomic E-state index is -0.999. The molecule has 6 N–H and O–H groups in total. The zero-order chi connectivity index (χ0) is 20.4. The number of anilines is 1. The number of hydrogen-bond donors (Lipinski definition) is 5. The molecule has 0 heterocycles. The van der Waals surface area contributed by atoms with Gasteiger partial charge < -0.3 is 21.3 Å². The monoisotopic (exact) mass is 381 g/mol. The van der Waals surface area contributed by atoms with E-state index in [1.165, 1.54) is 18.2 Å². The molecule has 0 aromatic heterocycles. The molecule has 0 fully saturated rings. The van der Waals surface area contributed by atoms with Crippen LogP contribution in [0.2, 0.25) is 0 Å². The first-order valence-corrected chi connectivity index (χ1v) is 8.64. The van der Waals surface area contributed by atoms with Crippen molar-refractivity contribution in [2.24, 2.45) is 11.7 Å². The van der Waals surface area contributed by atoms with Crippen LogP contribution in [0, 0.1) is 11.3 Å². The van der Waals surface area contributed by atoms with E-state index in [0.29, 0.717) is 29.7 Å².